The van der Waals surface area contributed by atoms with E-state index >= 15 is 0 Å². The number of pyridine rings is 1. The number of nitrogens with one attached hydrogen (secondary N) is 1. The van der Waals surface area contributed by atoms with Crippen molar-refractivity contribution in [3.05, 3.63) is 34.7 Å². The molecule has 0 spiro atoms. The summed E-state index contributed by atoms with van der Waals surface area (Å²) in [7, 11) is 3.59. The number of rotatable bonds is 4. The van der Waals surface area contributed by atoms with E-state index in [0.29, 0.717) is 12.5 Å². The molecular formula is C16H23BrIN5O. The fourth-order valence-corrected chi connectivity index (χ4v) is 3.35. The molecule has 2 aromatic heterocycles. The van der Waals surface area contributed by atoms with Crippen LogP contribution < -0.4 is 5.32 Å². The number of nitrogens with zero attached hydrogens (tertiary/aromatic N) is 4. The molecule has 8 heteroatoms. The Morgan fingerprint density at radius 1 is 1.46 bits per heavy atom. The van der Waals surface area contributed by atoms with Gasteiger partial charge in [0, 0.05) is 50.0 Å². The Kier molecular flexibility index (Phi) is 7.30. The van der Waals surface area contributed by atoms with Gasteiger partial charge in [-0.15, -0.1) is 24.0 Å². The molecule has 1 unspecified atom stereocenters. The van der Waals surface area contributed by atoms with Crippen LogP contribution in [-0.2, 0) is 11.3 Å². The van der Waals surface area contributed by atoms with E-state index in [-0.39, 0.29) is 24.0 Å². The SMILES string of the molecule is CN=C(NCc1cn2cc(Br)ccc2n1)N1CCC(COC)C1.I. The molecule has 1 aliphatic rings. The third-order valence-corrected chi connectivity index (χ3v) is 4.56. The van der Waals surface area contributed by atoms with Crippen LogP contribution in [0.2, 0.25) is 0 Å². The Hall–Kier alpha value is -0.870. The van der Waals surface area contributed by atoms with Gasteiger partial charge in [0.25, 0.3) is 0 Å². The number of methoxy groups -OCH3 is 1. The standard InChI is InChI=1S/C16H22BrN5O.HI/c1-18-16(21-6-5-12(8-21)11-23-2)19-7-14-10-22-9-13(17)3-4-15(22)20-14;/h3-4,9-10,12H,5-8,11H2,1-2H3,(H,18,19);1H. The van der Waals surface area contributed by atoms with Crippen molar-refractivity contribution >= 4 is 51.5 Å². The van der Waals surface area contributed by atoms with Gasteiger partial charge in [0.05, 0.1) is 18.8 Å². The summed E-state index contributed by atoms with van der Waals surface area (Å²) in [6, 6.07) is 4.00. The zero-order valence-electron chi connectivity index (χ0n) is 13.9. The monoisotopic (exact) mass is 507 g/mol. The largest absolute Gasteiger partial charge is 0.384 e. The highest BCUT2D eigenvalue weighted by Gasteiger charge is 2.24. The smallest absolute Gasteiger partial charge is 0.193 e. The highest BCUT2D eigenvalue weighted by molar-refractivity contribution is 14.0. The number of likely N-dealkylation sites (tertiary alicyclic amines) is 1. The van der Waals surface area contributed by atoms with Crippen molar-refractivity contribution in [2.24, 2.45) is 10.9 Å². The van der Waals surface area contributed by atoms with Crippen LogP contribution in [0.1, 0.15) is 12.1 Å². The van der Waals surface area contributed by atoms with Gasteiger partial charge in [0.2, 0.25) is 0 Å². The van der Waals surface area contributed by atoms with Gasteiger partial charge < -0.3 is 19.4 Å². The summed E-state index contributed by atoms with van der Waals surface area (Å²) in [5, 5.41) is 3.41. The Balaban J connectivity index is 0.00000208. The predicted molar refractivity (Wildman–Crippen MR) is 110 cm³/mol. The Morgan fingerprint density at radius 2 is 2.29 bits per heavy atom. The number of hydrogen-bond acceptors (Lipinski definition) is 3. The lowest BCUT2D eigenvalue weighted by atomic mass is 10.1. The Bertz CT molecular complexity index is 705. The molecule has 0 aliphatic carbocycles. The molecule has 1 atom stereocenters. The zero-order chi connectivity index (χ0) is 16.2. The van der Waals surface area contributed by atoms with Crippen LogP contribution in [0.4, 0.5) is 0 Å². The summed E-state index contributed by atoms with van der Waals surface area (Å²) in [4.78, 5) is 11.3. The van der Waals surface area contributed by atoms with Gasteiger partial charge in [-0.05, 0) is 34.5 Å². The highest BCUT2D eigenvalue weighted by atomic mass is 127. The average Bonchev–Trinajstić information content (AvgIpc) is 3.15. The van der Waals surface area contributed by atoms with E-state index in [9.17, 15) is 0 Å². The molecule has 2 aromatic rings. The molecule has 3 rings (SSSR count). The summed E-state index contributed by atoms with van der Waals surface area (Å²) in [6.45, 7) is 3.49. The summed E-state index contributed by atoms with van der Waals surface area (Å²) in [5.41, 5.74) is 1.94. The molecule has 3 heterocycles. The number of guanidine groups is 1. The molecule has 0 aromatic carbocycles. The molecule has 0 amide bonds. The van der Waals surface area contributed by atoms with Gasteiger partial charge in [-0.1, -0.05) is 0 Å². The fourth-order valence-electron chi connectivity index (χ4n) is 3.00. The molecule has 0 saturated carbocycles. The van der Waals surface area contributed by atoms with Crippen molar-refractivity contribution in [2.45, 2.75) is 13.0 Å². The minimum Gasteiger partial charge on any atom is -0.384 e. The van der Waals surface area contributed by atoms with Gasteiger partial charge in [0.15, 0.2) is 5.96 Å². The molecule has 1 saturated heterocycles. The van der Waals surface area contributed by atoms with E-state index in [1.807, 2.05) is 36.0 Å². The molecule has 1 fully saturated rings. The van der Waals surface area contributed by atoms with Crippen molar-refractivity contribution in [1.29, 1.82) is 0 Å². The van der Waals surface area contributed by atoms with E-state index < -0.39 is 0 Å². The van der Waals surface area contributed by atoms with Crippen LogP contribution in [0, 0.1) is 5.92 Å². The summed E-state index contributed by atoms with van der Waals surface area (Å²) in [6.07, 6.45) is 5.20. The normalized spacial score (nSPS) is 18.0. The number of aliphatic imine (C=N–C) groups is 1. The second-order valence-corrected chi connectivity index (χ2v) is 6.72. The van der Waals surface area contributed by atoms with Crippen molar-refractivity contribution in [1.82, 2.24) is 19.6 Å². The molecular weight excluding hydrogens is 485 g/mol. The maximum absolute atomic E-state index is 5.26. The number of imidazole rings is 1. The minimum absolute atomic E-state index is 0. The van der Waals surface area contributed by atoms with Crippen molar-refractivity contribution in [2.75, 3.05) is 33.9 Å². The minimum atomic E-state index is 0. The van der Waals surface area contributed by atoms with Crippen LogP contribution in [0.15, 0.2) is 34.0 Å². The fraction of sp³-hybridized carbons (Fsp3) is 0.500. The van der Waals surface area contributed by atoms with E-state index in [0.717, 1.165) is 47.9 Å². The first-order valence-electron chi connectivity index (χ1n) is 7.77. The van der Waals surface area contributed by atoms with Crippen LogP contribution in [-0.4, -0.2) is 54.1 Å². The number of halogens is 2. The first-order valence-corrected chi connectivity index (χ1v) is 8.56. The lowest BCUT2D eigenvalue weighted by molar-refractivity contribution is 0.157. The number of ether oxygens (including phenoxy) is 1. The quantitative estimate of drug-likeness (QED) is 0.393. The van der Waals surface area contributed by atoms with Crippen molar-refractivity contribution in [3.63, 3.8) is 0 Å². The van der Waals surface area contributed by atoms with Gasteiger partial charge in [-0.2, -0.15) is 0 Å². The van der Waals surface area contributed by atoms with E-state index in [4.69, 9.17) is 4.74 Å². The number of hydrogen-bond donors (Lipinski definition) is 1. The maximum Gasteiger partial charge on any atom is 0.193 e. The summed E-state index contributed by atoms with van der Waals surface area (Å²) in [5.74, 6) is 1.52. The van der Waals surface area contributed by atoms with Gasteiger partial charge in [-0.25, -0.2) is 4.98 Å². The van der Waals surface area contributed by atoms with E-state index in [1.165, 1.54) is 0 Å². The van der Waals surface area contributed by atoms with Crippen LogP contribution in [0.25, 0.3) is 5.65 Å². The molecule has 132 valence electrons. The van der Waals surface area contributed by atoms with Gasteiger partial charge in [-0.3, -0.25) is 4.99 Å². The van der Waals surface area contributed by atoms with Crippen LogP contribution in [0.5, 0.6) is 0 Å². The molecule has 24 heavy (non-hydrogen) atoms. The molecule has 0 bridgehead atoms. The predicted octanol–water partition coefficient (Wildman–Crippen LogP) is 2.76. The van der Waals surface area contributed by atoms with E-state index in [1.54, 1.807) is 7.11 Å². The topological polar surface area (TPSA) is 54.2 Å². The molecule has 6 nitrogen and oxygen atoms in total. The Labute approximate surface area is 167 Å². The van der Waals surface area contributed by atoms with Gasteiger partial charge in [0.1, 0.15) is 5.65 Å². The first kappa shape index (κ1) is 19.5. The summed E-state index contributed by atoms with van der Waals surface area (Å²) >= 11 is 3.48. The van der Waals surface area contributed by atoms with Crippen molar-refractivity contribution in [3.8, 4) is 0 Å². The van der Waals surface area contributed by atoms with Crippen molar-refractivity contribution < 1.29 is 4.74 Å². The van der Waals surface area contributed by atoms with Crippen LogP contribution >= 0.6 is 39.9 Å². The second kappa shape index (κ2) is 9.00. The van der Waals surface area contributed by atoms with E-state index in [2.05, 4.69) is 36.1 Å². The molecule has 0 radical (unpaired) electrons. The zero-order valence-corrected chi connectivity index (χ0v) is 17.8. The van der Waals surface area contributed by atoms with Crippen LogP contribution in [0.3, 0.4) is 0 Å². The molecule has 1 aliphatic heterocycles. The lowest BCUT2D eigenvalue weighted by Gasteiger charge is -2.21. The number of fused-ring (bicyclic) bond motifs is 1. The second-order valence-electron chi connectivity index (χ2n) is 5.80. The maximum atomic E-state index is 5.26. The lowest BCUT2D eigenvalue weighted by Crippen LogP contribution is -2.39. The third-order valence-electron chi connectivity index (χ3n) is 4.09. The highest BCUT2D eigenvalue weighted by Crippen LogP contribution is 2.16. The number of aromatic nitrogens is 2. The average molecular weight is 508 g/mol. The molecule has 1 N–H and O–H groups in total. The summed E-state index contributed by atoms with van der Waals surface area (Å²) < 4.78 is 8.32. The Morgan fingerprint density at radius 3 is 3.04 bits per heavy atom. The first-order chi connectivity index (χ1) is 11.2. The van der Waals surface area contributed by atoms with Gasteiger partial charge >= 0.3 is 0 Å². The third kappa shape index (κ3) is 4.60.